The second kappa shape index (κ2) is 4.14. The maximum absolute atomic E-state index is 11.7. The minimum absolute atomic E-state index is 0.000000000000000222. The fraction of sp³-hybridized carbons (Fsp3) is 0.889. The summed E-state index contributed by atoms with van der Waals surface area (Å²) in [6.45, 7) is 4.66. The lowest BCUT2D eigenvalue weighted by Crippen LogP contribution is -2.48. The molecule has 1 heterocycles. The number of hydrogen-bond acceptors (Lipinski definition) is 2. The van der Waals surface area contributed by atoms with Gasteiger partial charge < -0.3 is 10.6 Å². The highest BCUT2D eigenvalue weighted by molar-refractivity contribution is 6.13. The van der Waals surface area contributed by atoms with Gasteiger partial charge in [0, 0.05) is 6.54 Å². The Morgan fingerprint density at radius 1 is 1.62 bits per heavy atom. The average molecular weight is 180 g/mol. The first-order valence-corrected chi connectivity index (χ1v) is 4.85. The van der Waals surface area contributed by atoms with Gasteiger partial charge >= 0.3 is 0 Å². The lowest BCUT2D eigenvalue weighted by atomic mass is 9.93. The van der Waals surface area contributed by atoms with Crippen LogP contribution in [0.4, 0.5) is 0 Å². The average Bonchev–Trinajstić information content (AvgIpc) is 2.48. The summed E-state index contributed by atoms with van der Waals surface area (Å²) in [5.41, 5.74) is 5.76. The minimum Gasteiger partial charge on any atom is -0.347 e. The molecule has 0 aromatic heterocycles. The van der Waals surface area contributed by atoms with E-state index in [0.29, 0.717) is 0 Å². The van der Waals surface area contributed by atoms with Crippen molar-refractivity contribution in [1.29, 1.82) is 0 Å². The third kappa shape index (κ3) is 2.24. The molecule has 1 aliphatic heterocycles. The van der Waals surface area contributed by atoms with Crippen LogP contribution in [0.2, 0.25) is 0 Å². The van der Waals surface area contributed by atoms with Gasteiger partial charge in [-0.1, -0.05) is 13.8 Å². The molecule has 0 aliphatic carbocycles. The van der Waals surface area contributed by atoms with Gasteiger partial charge in [0.1, 0.15) is 0 Å². The largest absolute Gasteiger partial charge is 0.347 e. The summed E-state index contributed by atoms with van der Waals surface area (Å²) in [4.78, 5) is 13.4. The van der Waals surface area contributed by atoms with Crippen LogP contribution in [0.1, 0.15) is 26.7 Å². The summed E-state index contributed by atoms with van der Waals surface area (Å²) in [6.07, 6.45) is 1.90. The Morgan fingerprint density at radius 2 is 2.23 bits per heavy atom. The summed E-state index contributed by atoms with van der Waals surface area (Å²) < 4.78 is 0. The van der Waals surface area contributed by atoms with E-state index in [-0.39, 0.29) is 17.8 Å². The molecule has 0 aromatic rings. The molecule has 1 aliphatic rings. The topological polar surface area (TPSA) is 46.3 Å². The fourth-order valence-corrected chi connectivity index (χ4v) is 1.54. The zero-order chi connectivity index (χ0) is 10.0. The minimum atomic E-state index is -0.399. The number of likely N-dealkylation sites (tertiary alicyclic amines) is 1. The number of carbonyl (C=O) groups excluding carboxylic acids is 1. The van der Waals surface area contributed by atoms with E-state index in [1.54, 1.807) is 4.90 Å². The van der Waals surface area contributed by atoms with Gasteiger partial charge in [-0.15, -0.1) is 0 Å². The van der Waals surface area contributed by atoms with E-state index in [4.69, 9.17) is 13.6 Å². The van der Waals surface area contributed by atoms with Crippen molar-refractivity contribution in [2.45, 2.75) is 38.7 Å². The highest BCUT2D eigenvalue weighted by Crippen LogP contribution is 2.16. The van der Waals surface area contributed by atoms with Crippen LogP contribution >= 0.6 is 0 Å². The standard InChI is InChI=1S/C9H17BN2O/c1-6(2)8(11)9(13)12-5-3-4-7(12)10/h6-8H,3-5,11H2,1-2H3/t7-,8-/m0/s1. The summed E-state index contributed by atoms with van der Waals surface area (Å²) in [5.74, 6) is 0.0672. The summed E-state index contributed by atoms with van der Waals surface area (Å²) in [7, 11) is 5.77. The van der Waals surface area contributed by atoms with Crippen LogP contribution in [0.5, 0.6) is 0 Å². The highest BCUT2D eigenvalue weighted by Gasteiger charge is 2.29. The number of carbonyl (C=O) groups is 1. The Hall–Kier alpha value is -0.505. The molecule has 0 bridgehead atoms. The van der Waals surface area contributed by atoms with Crippen molar-refractivity contribution in [3.05, 3.63) is 0 Å². The van der Waals surface area contributed by atoms with Gasteiger partial charge in [0.05, 0.1) is 13.9 Å². The quantitative estimate of drug-likeness (QED) is 0.612. The summed E-state index contributed by atoms with van der Waals surface area (Å²) in [6, 6.07) is -0.399. The second-order valence-corrected chi connectivity index (χ2v) is 4.01. The molecule has 2 atom stereocenters. The SMILES string of the molecule is [B][C@@H]1CCCN1C(=O)[C@@H](N)C(C)C. The van der Waals surface area contributed by atoms with Crippen molar-refractivity contribution in [1.82, 2.24) is 4.90 Å². The van der Waals surface area contributed by atoms with E-state index in [0.717, 1.165) is 19.4 Å². The van der Waals surface area contributed by atoms with E-state index >= 15 is 0 Å². The third-order valence-electron chi connectivity index (χ3n) is 2.59. The molecular weight excluding hydrogens is 163 g/mol. The Balaban J connectivity index is 2.56. The van der Waals surface area contributed by atoms with E-state index in [1.807, 2.05) is 13.8 Å². The number of amides is 1. The molecule has 2 N–H and O–H groups in total. The number of nitrogens with two attached hydrogens (primary N) is 1. The first-order chi connectivity index (χ1) is 6.04. The Morgan fingerprint density at radius 3 is 2.62 bits per heavy atom. The molecule has 72 valence electrons. The van der Waals surface area contributed by atoms with Crippen molar-refractivity contribution in [3.63, 3.8) is 0 Å². The van der Waals surface area contributed by atoms with E-state index in [9.17, 15) is 4.79 Å². The first kappa shape index (κ1) is 10.6. The molecule has 1 rings (SSSR count). The number of rotatable bonds is 2. The predicted octanol–water partition coefficient (Wildman–Crippen LogP) is 0.0867. The molecule has 1 amide bonds. The molecule has 0 unspecified atom stereocenters. The highest BCUT2D eigenvalue weighted by atomic mass is 16.2. The third-order valence-corrected chi connectivity index (χ3v) is 2.59. The van der Waals surface area contributed by atoms with Crippen molar-refractivity contribution in [2.24, 2.45) is 11.7 Å². The van der Waals surface area contributed by atoms with Gasteiger partial charge in [-0.05, 0) is 24.7 Å². The Labute approximate surface area is 81.1 Å². The molecule has 1 fully saturated rings. The van der Waals surface area contributed by atoms with E-state index < -0.39 is 6.04 Å². The van der Waals surface area contributed by atoms with Crippen molar-refractivity contribution in [3.8, 4) is 0 Å². The molecule has 0 saturated carbocycles. The maximum Gasteiger partial charge on any atom is 0.239 e. The summed E-state index contributed by atoms with van der Waals surface area (Å²) in [5, 5.41) is 0. The molecule has 13 heavy (non-hydrogen) atoms. The molecule has 4 heteroatoms. The van der Waals surface area contributed by atoms with E-state index in [1.165, 1.54) is 0 Å². The van der Waals surface area contributed by atoms with Crippen molar-refractivity contribution in [2.75, 3.05) is 6.54 Å². The second-order valence-electron chi connectivity index (χ2n) is 4.01. The van der Waals surface area contributed by atoms with Gasteiger partial charge in [-0.2, -0.15) is 0 Å². The van der Waals surface area contributed by atoms with Crippen molar-refractivity contribution >= 4 is 13.8 Å². The van der Waals surface area contributed by atoms with Crippen LogP contribution in [0.15, 0.2) is 0 Å². The van der Waals surface area contributed by atoms with E-state index in [2.05, 4.69) is 0 Å². The number of nitrogens with zero attached hydrogens (tertiary/aromatic N) is 1. The molecule has 3 nitrogen and oxygen atoms in total. The van der Waals surface area contributed by atoms with Crippen LogP contribution in [0.3, 0.4) is 0 Å². The van der Waals surface area contributed by atoms with Gasteiger partial charge in [0.15, 0.2) is 0 Å². The van der Waals surface area contributed by atoms with Crippen LogP contribution in [-0.4, -0.2) is 37.2 Å². The molecule has 1 saturated heterocycles. The monoisotopic (exact) mass is 180 g/mol. The fourth-order valence-electron chi connectivity index (χ4n) is 1.54. The zero-order valence-electron chi connectivity index (χ0n) is 8.36. The number of hydrogen-bond donors (Lipinski definition) is 1. The van der Waals surface area contributed by atoms with Crippen LogP contribution in [0, 0.1) is 5.92 Å². The lowest BCUT2D eigenvalue weighted by molar-refractivity contribution is -0.133. The van der Waals surface area contributed by atoms with Crippen LogP contribution in [0.25, 0.3) is 0 Å². The van der Waals surface area contributed by atoms with Gasteiger partial charge in [0.25, 0.3) is 0 Å². The smallest absolute Gasteiger partial charge is 0.239 e. The Bertz CT molecular complexity index is 196. The lowest BCUT2D eigenvalue weighted by Gasteiger charge is -2.26. The Kier molecular flexibility index (Phi) is 3.36. The van der Waals surface area contributed by atoms with Crippen molar-refractivity contribution < 1.29 is 4.79 Å². The van der Waals surface area contributed by atoms with Crippen LogP contribution in [-0.2, 0) is 4.79 Å². The van der Waals surface area contributed by atoms with Gasteiger partial charge in [-0.25, -0.2) is 0 Å². The van der Waals surface area contributed by atoms with Gasteiger partial charge in [0.2, 0.25) is 5.91 Å². The van der Waals surface area contributed by atoms with Crippen LogP contribution < -0.4 is 5.73 Å². The molecule has 0 spiro atoms. The molecular formula is C9H17BN2O. The predicted molar refractivity (Wildman–Crippen MR) is 53.3 cm³/mol. The molecule has 0 aromatic carbocycles. The first-order valence-electron chi connectivity index (χ1n) is 4.85. The normalized spacial score (nSPS) is 25.2. The van der Waals surface area contributed by atoms with Gasteiger partial charge in [-0.3, -0.25) is 4.79 Å². The molecule has 2 radical (unpaired) electrons. The summed E-state index contributed by atoms with van der Waals surface area (Å²) >= 11 is 0. The maximum atomic E-state index is 11.7. The zero-order valence-corrected chi connectivity index (χ0v) is 8.36.